The zero-order valence-electron chi connectivity index (χ0n) is 16.1. The van der Waals surface area contributed by atoms with Gasteiger partial charge in [-0.1, -0.05) is 46.3 Å². The largest absolute Gasteiger partial charge is 0.482 e. The molecule has 0 aliphatic rings. The number of carbonyl (C=O) groups is 1. The molecule has 0 bridgehead atoms. The summed E-state index contributed by atoms with van der Waals surface area (Å²) in [5.41, 5.74) is 4.08. The molecule has 30 heavy (non-hydrogen) atoms. The maximum absolute atomic E-state index is 12.4. The summed E-state index contributed by atoms with van der Waals surface area (Å²) in [6.45, 7) is 1.82. The molecule has 0 fully saturated rings. The van der Waals surface area contributed by atoms with Crippen LogP contribution in [0.2, 0.25) is 0 Å². The predicted octanol–water partition coefficient (Wildman–Crippen LogP) is 6.27. The number of halogens is 2. The number of hydrogen-bond donors (Lipinski definition) is 1. The molecule has 1 aromatic heterocycles. The summed E-state index contributed by atoms with van der Waals surface area (Å²) in [7, 11) is 0. The molecule has 5 nitrogen and oxygen atoms in total. The van der Waals surface area contributed by atoms with E-state index in [1.807, 2.05) is 55.5 Å². The Morgan fingerprint density at radius 2 is 1.90 bits per heavy atom. The summed E-state index contributed by atoms with van der Waals surface area (Å²) in [5.74, 6) is 1.03. The van der Waals surface area contributed by atoms with Gasteiger partial charge >= 0.3 is 0 Å². The Morgan fingerprint density at radius 1 is 1.10 bits per heavy atom. The second-order valence-corrected chi connectivity index (χ2v) is 8.59. The lowest BCUT2D eigenvalue weighted by Crippen LogP contribution is -2.20. The van der Waals surface area contributed by atoms with E-state index in [9.17, 15) is 4.79 Å². The fourth-order valence-corrected chi connectivity index (χ4v) is 4.66. The maximum Gasteiger partial charge on any atom is 0.262 e. The summed E-state index contributed by atoms with van der Waals surface area (Å²) < 4.78 is 13.2. The van der Waals surface area contributed by atoms with Crippen LogP contribution in [0.1, 0.15) is 17.0 Å². The zero-order chi connectivity index (χ0) is 21.1. The minimum atomic E-state index is -0.253. The van der Waals surface area contributed by atoms with Crippen molar-refractivity contribution in [3.8, 4) is 5.75 Å². The summed E-state index contributed by atoms with van der Waals surface area (Å²) in [4.78, 5) is 16.9. The molecule has 0 saturated heterocycles. The molecular formula is C23H18Br2N2O3. The van der Waals surface area contributed by atoms with Crippen molar-refractivity contribution in [2.45, 2.75) is 13.3 Å². The summed E-state index contributed by atoms with van der Waals surface area (Å²) >= 11 is 6.90. The number of nitrogens with zero attached hydrogens (tertiary/aromatic N) is 1. The first-order valence-electron chi connectivity index (χ1n) is 9.29. The third-order valence-electron chi connectivity index (χ3n) is 4.46. The van der Waals surface area contributed by atoms with E-state index in [4.69, 9.17) is 9.15 Å². The van der Waals surface area contributed by atoms with Crippen molar-refractivity contribution in [3.63, 3.8) is 0 Å². The summed E-state index contributed by atoms with van der Waals surface area (Å²) in [6, 6.07) is 19.2. The van der Waals surface area contributed by atoms with Crippen LogP contribution >= 0.6 is 31.9 Å². The van der Waals surface area contributed by atoms with Gasteiger partial charge in [0.05, 0.1) is 4.47 Å². The molecule has 4 rings (SSSR count). The third-order valence-corrected chi connectivity index (χ3v) is 5.50. The molecule has 1 amide bonds. The minimum absolute atomic E-state index is 0.100. The first-order chi connectivity index (χ1) is 14.5. The summed E-state index contributed by atoms with van der Waals surface area (Å²) in [5, 5.41) is 2.84. The average Bonchev–Trinajstić information content (AvgIpc) is 3.09. The molecule has 3 aromatic carbocycles. The highest BCUT2D eigenvalue weighted by Crippen LogP contribution is 2.32. The predicted molar refractivity (Wildman–Crippen MR) is 124 cm³/mol. The van der Waals surface area contributed by atoms with Gasteiger partial charge in [0, 0.05) is 16.6 Å². The molecule has 0 atom stereocenters. The van der Waals surface area contributed by atoms with Crippen LogP contribution in [0.25, 0.3) is 11.1 Å². The quantitative estimate of drug-likeness (QED) is 0.319. The average molecular weight is 530 g/mol. The van der Waals surface area contributed by atoms with Crippen LogP contribution in [0.5, 0.6) is 5.75 Å². The van der Waals surface area contributed by atoms with Crippen molar-refractivity contribution in [1.29, 1.82) is 0 Å². The number of rotatable bonds is 6. The van der Waals surface area contributed by atoms with E-state index in [-0.39, 0.29) is 12.5 Å². The monoisotopic (exact) mass is 528 g/mol. The lowest BCUT2D eigenvalue weighted by Gasteiger charge is -2.12. The highest BCUT2D eigenvalue weighted by Gasteiger charge is 2.12. The van der Waals surface area contributed by atoms with Crippen LogP contribution in [-0.4, -0.2) is 17.5 Å². The number of fused-ring (bicyclic) bond motifs is 1. The van der Waals surface area contributed by atoms with Crippen LogP contribution in [0.4, 0.5) is 5.69 Å². The second kappa shape index (κ2) is 9.02. The van der Waals surface area contributed by atoms with Gasteiger partial charge in [-0.15, -0.1) is 0 Å². The molecule has 1 heterocycles. The highest BCUT2D eigenvalue weighted by atomic mass is 79.9. The Morgan fingerprint density at radius 3 is 2.67 bits per heavy atom. The van der Waals surface area contributed by atoms with E-state index in [2.05, 4.69) is 42.2 Å². The lowest BCUT2D eigenvalue weighted by molar-refractivity contribution is -0.118. The Bertz CT molecular complexity index is 1180. The standard InChI is InChI=1S/C23H18Br2N2O3/c1-14-9-16(24)11-18(25)23(14)29-13-21(28)26-17-7-8-20-19(12-17)27-22(30-20)10-15-5-3-2-4-6-15/h2-9,11-12H,10,13H2,1H3,(H,26,28). The molecule has 152 valence electrons. The zero-order valence-corrected chi connectivity index (χ0v) is 19.3. The van der Waals surface area contributed by atoms with Crippen LogP contribution in [-0.2, 0) is 11.2 Å². The van der Waals surface area contributed by atoms with Gasteiger partial charge in [0.2, 0.25) is 0 Å². The van der Waals surface area contributed by atoms with E-state index >= 15 is 0 Å². The topological polar surface area (TPSA) is 64.4 Å². The number of ether oxygens (including phenoxy) is 1. The minimum Gasteiger partial charge on any atom is -0.482 e. The highest BCUT2D eigenvalue weighted by molar-refractivity contribution is 9.11. The van der Waals surface area contributed by atoms with E-state index in [1.54, 1.807) is 12.1 Å². The molecule has 0 radical (unpaired) electrons. The van der Waals surface area contributed by atoms with E-state index in [1.165, 1.54) is 0 Å². The van der Waals surface area contributed by atoms with Gasteiger partial charge in [0.15, 0.2) is 18.1 Å². The molecular weight excluding hydrogens is 512 g/mol. The Labute approximate surface area is 190 Å². The molecule has 0 unspecified atom stereocenters. The fourth-order valence-electron chi connectivity index (χ4n) is 3.11. The van der Waals surface area contributed by atoms with Crippen LogP contribution in [0, 0.1) is 6.92 Å². The molecule has 7 heteroatoms. The SMILES string of the molecule is Cc1cc(Br)cc(Br)c1OCC(=O)Nc1ccc2oc(Cc3ccccc3)nc2c1. The van der Waals surface area contributed by atoms with E-state index < -0.39 is 0 Å². The molecule has 0 saturated carbocycles. The van der Waals surface area contributed by atoms with Gasteiger partial charge in [-0.25, -0.2) is 4.98 Å². The fraction of sp³-hybridized carbons (Fsp3) is 0.130. The van der Waals surface area contributed by atoms with Gasteiger partial charge in [0.1, 0.15) is 11.3 Å². The van der Waals surface area contributed by atoms with Crippen molar-refractivity contribution in [2.75, 3.05) is 11.9 Å². The van der Waals surface area contributed by atoms with E-state index in [0.717, 1.165) is 20.1 Å². The number of amides is 1. The van der Waals surface area contributed by atoms with Crippen LogP contribution in [0.3, 0.4) is 0 Å². The second-order valence-electron chi connectivity index (χ2n) is 6.82. The first kappa shape index (κ1) is 20.6. The molecule has 4 aromatic rings. The van der Waals surface area contributed by atoms with Gasteiger partial charge < -0.3 is 14.5 Å². The Balaban J connectivity index is 1.41. The van der Waals surface area contributed by atoms with Crippen molar-refractivity contribution in [2.24, 2.45) is 0 Å². The van der Waals surface area contributed by atoms with Crippen molar-refractivity contribution >= 4 is 54.6 Å². The number of oxazole rings is 1. The van der Waals surface area contributed by atoms with Gasteiger partial charge in [-0.3, -0.25) is 4.79 Å². The maximum atomic E-state index is 12.4. The Kier molecular flexibility index (Phi) is 6.20. The van der Waals surface area contributed by atoms with Crippen LogP contribution in [0.15, 0.2) is 74.0 Å². The smallest absolute Gasteiger partial charge is 0.262 e. The number of carbonyl (C=O) groups excluding carboxylic acids is 1. The molecule has 0 aliphatic carbocycles. The lowest BCUT2D eigenvalue weighted by atomic mass is 10.1. The molecule has 1 N–H and O–H groups in total. The van der Waals surface area contributed by atoms with Crippen LogP contribution < -0.4 is 10.1 Å². The number of anilines is 1. The third kappa shape index (κ3) is 4.91. The number of aryl methyl sites for hydroxylation is 1. The van der Waals surface area contributed by atoms with Crippen molar-refractivity contribution in [3.05, 3.63) is 86.6 Å². The number of hydrogen-bond acceptors (Lipinski definition) is 4. The van der Waals surface area contributed by atoms with Gasteiger partial charge in [-0.05, 0) is 64.3 Å². The normalized spacial score (nSPS) is 10.9. The van der Waals surface area contributed by atoms with Gasteiger partial charge in [0.25, 0.3) is 5.91 Å². The number of benzene rings is 3. The van der Waals surface area contributed by atoms with Gasteiger partial charge in [-0.2, -0.15) is 0 Å². The Hall–Kier alpha value is -2.64. The first-order valence-corrected chi connectivity index (χ1v) is 10.9. The number of nitrogens with one attached hydrogen (secondary N) is 1. The van der Waals surface area contributed by atoms with E-state index in [0.29, 0.717) is 34.8 Å². The molecule has 0 aliphatic heterocycles. The summed E-state index contributed by atoms with van der Waals surface area (Å²) in [6.07, 6.45) is 0.618. The molecule has 0 spiro atoms. The number of aromatic nitrogens is 1. The van der Waals surface area contributed by atoms with Crippen molar-refractivity contribution in [1.82, 2.24) is 4.98 Å². The van der Waals surface area contributed by atoms with Crippen molar-refractivity contribution < 1.29 is 13.9 Å².